The van der Waals surface area contributed by atoms with Crippen LogP contribution in [0.4, 0.5) is 0 Å². The Hall–Kier alpha value is -7.31. The Morgan fingerprint density at radius 2 is 0.963 bits per heavy atom. The lowest BCUT2D eigenvalue weighted by molar-refractivity contribution is 0.436. The van der Waals surface area contributed by atoms with Gasteiger partial charge in [-0.15, -0.1) is 0 Å². The van der Waals surface area contributed by atoms with Crippen molar-refractivity contribution in [2.24, 2.45) is 0 Å². The smallest absolute Gasteiger partial charge is 0.164 e. The molecule has 1 spiro atoms. The molecular formula is C48H29N5O. The van der Waals surface area contributed by atoms with E-state index in [9.17, 15) is 0 Å². The third-order valence-corrected chi connectivity index (χ3v) is 10.6. The van der Waals surface area contributed by atoms with Gasteiger partial charge in [-0.3, -0.25) is 4.98 Å². The van der Waals surface area contributed by atoms with Crippen LogP contribution < -0.4 is 4.74 Å². The molecule has 0 atom stereocenters. The number of hydrogen-bond acceptors (Lipinski definition) is 6. The van der Waals surface area contributed by atoms with Gasteiger partial charge in [0.05, 0.1) is 28.3 Å². The van der Waals surface area contributed by atoms with Crippen molar-refractivity contribution >= 4 is 11.0 Å². The summed E-state index contributed by atoms with van der Waals surface area (Å²) in [5.41, 5.74) is 12.1. The SMILES string of the molecule is c1ccc(-c2nc(-c3ccccc3)nc(-c3cccc4c3C3(c5ccccc5Oc5ccccc53)c3cc(-c5cnc6ccccc6n5)ccc3-4)n2)cc1. The summed E-state index contributed by atoms with van der Waals surface area (Å²) in [6.07, 6.45) is 1.87. The third kappa shape index (κ3) is 4.50. The minimum Gasteiger partial charge on any atom is -0.457 e. The number of fused-ring (bicyclic) bond motifs is 10. The van der Waals surface area contributed by atoms with Gasteiger partial charge in [0.15, 0.2) is 17.5 Å². The first kappa shape index (κ1) is 30.3. The Bertz CT molecular complexity index is 2820. The Morgan fingerprint density at radius 1 is 0.389 bits per heavy atom. The molecule has 3 heterocycles. The summed E-state index contributed by atoms with van der Waals surface area (Å²) in [6, 6.07) is 58.2. The van der Waals surface area contributed by atoms with Gasteiger partial charge in [0, 0.05) is 33.4 Å². The van der Waals surface area contributed by atoms with Crippen LogP contribution in [0.25, 0.3) is 67.6 Å². The van der Waals surface area contributed by atoms with E-state index >= 15 is 0 Å². The minimum atomic E-state index is -0.778. The molecular weight excluding hydrogens is 663 g/mol. The summed E-state index contributed by atoms with van der Waals surface area (Å²) in [7, 11) is 0. The molecule has 1 aliphatic carbocycles. The van der Waals surface area contributed by atoms with E-state index in [1.807, 2.05) is 103 Å². The molecule has 252 valence electrons. The molecule has 7 aromatic carbocycles. The molecule has 0 radical (unpaired) electrons. The topological polar surface area (TPSA) is 73.7 Å². The Kier molecular flexibility index (Phi) is 6.67. The predicted molar refractivity (Wildman–Crippen MR) is 212 cm³/mol. The lowest BCUT2D eigenvalue weighted by atomic mass is 9.65. The van der Waals surface area contributed by atoms with Crippen LogP contribution in [-0.4, -0.2) is 24.9 Å². The second-order valence-corrected chi connectivity index (χ2v) is 13.6. The lowest BCUT2D eigenvalue weighted by Crippen LogP contribution is -2.32. The molecule has 54 heavy (non-hydrogen) atoms. The van der Waals surface area contributed by atoms with Crippen LogP contribution in [0.5, 0.6) is 11.5 Å². The Morgan fingerprint density at radius 3 is 1.65 bits per heavy atom. The van der Waals surface area contributed by atoms with Gasteiger partial charge in [-0.2, -0.15) is 0 Å². The molecule has 2 aliphatic rings. The zero-order valence-corrected chi connectivity index (χ0v) is 28.9. The monoisotopic (exact) mass is 691 g/mol. The van der Waals surface area contributed by atoms with E-state index in [0.29, 0.717) is 17.5 Å². The summed E-state index contributed by atoms with van der Waals surface area (Å²) in [5.74, 6) is 3.46. The Labute approximate surface area is 311 Å². The molecule has 6 nitrogen and oxygen atoms in total. The summed E-state index contributed by atoms with van der Waals surface area (Å²) in [4.78, 5) is 25.4. The highest BCUT2D eigenvalue weighted by Crippen LogP contribution is 2.64. The highest BCUT2D eigenvalue weighted by atomic mass is 16.5. The average Bonchev–Trinajstić information content (AvgIpc) is 3.54. The summed E-state index contributed by atoms with van der Waals surface area (Å²) in [6.45, 7) is 0. The van der Waals surface area contributed by atoms with Gasteiger partial charge in [0.2, 0.25) is 0 Å². The summed E-state index contributed by atoms with van der Waals surface area (Å²) in [5, 5.41) is 0. The number of ether oxygens (including phenoxy) is 1. The first-order valence-electron chi connectivity index (χ1n) is 18.0. The summed E-state index contributed by atoms with van der Waals surface area (Å²) >= 11 is 0. The lowest BCUT2D eigenvalue weighted by Gasteiger charge is -2.40. The first-order chi connectivity index (χ1) is 26.8. The highest BCUT2D eigenvalue weighted by molar-refractivity contribution is 5.94. The molecule has 1 aliphatic heterocycles. The van der Waals surface area contributed by atoms with E-state index < -0.39 is 5.41 Å². The molecule has 0 amide bonds. The van der Waals surface area contributed by atoms with Gasteiger partial charge in [-0.05, 0) is 52.6 Å². The van der Waals surface area contributed by atoms with Gasteiger partial charge in [0.1, 0.15) is 11.5 Å². The van der Waals surface area contributed by atoms with E-state index in [1.165, 1.54) is 0 Å². The molecule has 6 heteroatoms. The van der Waals surface area contributed by atoms with Crippen LogP contribution in [0.15, 0.2) is 176 Å². The van der Waals surface area contributed by atoms with Gasteiger partial charge >= 0.3 is 0 Å². The molecule has 9 aromatic rings. The van der Waals surface area contributed by atoms with Crippen molar-refractivity contribution in [2.75, 3.05) is 0 Å². The number of hydrogen-bond donors (Lipinski definition) is 0. The number of nitrogens with zero attached hydrogens (tertiary/aromatic N) is 5. The van der Waals surface area contributed by atoms with Crippen molar-refractivity contribution in [1.29, 1.82) is 0 Å². The van der Waals surface area contributed by atoms with Crippen LogP contribution in [0, 0.1) is 0 Å². The standard InChI is InChI=1S/C48H29N5O/c1-3-14-30(15-4-1)45-51-46(31-16-5-2-6-17-31)53-47(52-45)35-19-13-18-34-33-27-26-32(41-29-49-39-22-9-10-23-40(39)50-41)28-38(33)48(44(34)35)36-20-7-11-24-42(36)54-43-25-12-8-21-37(43)48/h1-29H. The fourth-order valence-corrected chi connectivity index (χ4v) is 8.33. The normalized spacial score (nSPS) is 13.1. The number of rotatable bonds is 4. The van der Waals surface area contributed by atoms with Crippen molar-refractivity contribution in [3.8, 4) is 68.0 Å². The minimum absolute atomic E-state index is 0.605. The molecule has 2 aromatic heterocycles. The van der Waals surface area contributed by atoms with E-state index in [2.05, 4.69) is 72.8 Å². The molecule has 0 unspecified atom stereocenters. The average molecular weight is 692 g/mol. The largest absolute Gasteiger partial charge is 0.457 e. The zero-order valence-electron chi connectivity index (χ0n) is 28.9. The highest BCUT2D eigenvalue weighted by Gasteiger charge is 2.52. The summed E-state index contributed by atoms with van der Waals surface area (Å²) < 4.78 is 6.69. The predicted octanol–water partition coefficient (Wildman–Crippen LogP) is 11.0. The zero-order chi connectivity index (χ0) is 35.6. The third-order valence-electron chi connectivity index (χ3n) is 10.6. The molecule has 0 fully saturated rings. The van der Waals surface area contributed by atoms with E-state index in [4.69, 9.17) is 29.7 Å². The van der Waals surface area contributed by atoms with Crippen LogP contribution in [0.1, 0.15) is 22.3 Å². The van der Waals surface area contributed by atoms with Gasteiger partial charge < -0.3 is 4.74 Å². The van der Waals surface area contributed by atoms with Crippen LogP contribution in [0.2, 0.25) is 0 Å². The quantitative estimate of drug-likeness (QED) is 0.183. The molecule has 0 N–H and O–H groups in total. The van der Waals surface area contributed by atoms with Crippen molar-refractivity contribution in [3.05, 3.63) is 198 Å². The molecule has 0 bridgehead atoms. The number of para-hydroxylation sites is 4. The molecule has 11 rings (SSSR count). The van der Waals surface area contributed by atoms with Crippen molar-refractivity contribution < 1.29 is 4.74 Å². The van der Waals surface area contributed by atoms with Gasteiger partial charge in [-0.25, -0.2) is 19.9 Å². The second kappa shape index (κ2) is 11.9. The van der Waals surface area contributed by atoms with E-state index in [1.54, 1.807) is 0 Å². The fraction of sp³-hybridized carbons (Fsp3) is 0.0208. The maximum atomic E-state index is 6.69. The van der Waals surface area contributed by atoms with Gasteiger partial charge in [-0.1, -0.05) is 140 Å². The van der Waals surface area contributed by atoms with Gasteiger partial charge in [0.25, 0.3) is 0 Å². The van der Waals surface area contributed by atoms with E-state index in [-0.39, 0.29) is 0 Å². The van der Waals surface area contributed by atoms with Crippen molar-refractivity contribution in [1.82, 2.24) is 24.9 Å². The van der Waals surface area contributed by atoms with Crippen LogP contribution >= 0.6 is 0 Å². The van der Waals surface area contributed by atoms with Crippen LogP contribution in [0.3, 0.4) is 0 Å². The van der Waals surface area contributed by atoms with Crippen molar-refractivity contribution in [2.45, 2.75) is 5.41 Å². The molecule has 0 saturated heterocycles. The maximum absolute atomic E-state index is 6.69. The second-order valence-electron chi connectivity index (χ2n) is 13.6. The Balaban J connectivity index is 1.23. The first-order valence-corrected chi connectivity index (χ1v) is 18.0. The van der Waals surface area contributed by atoms with Crippen LogP contribution in [-0.2, 0) is 5.41 Å². The number of aromatic nitrogens is 5. The molecule has 0 saturated carbocycles. The van der Waals surface area contributed by atoms with E-state index in [0.717, 1.165) is 83.9 Å². The maximum Gasteiger partial charge on any atom is 0.164 e. The fourth-order valence-electron chi connectivity index (χ4n) is 8.33. The number of benzene rings is 7. The van der Waals surface area contributed by atoms with Crippen molar-refractivity contribution in [3.63, 3.8) is 0 Å².